The number of fused-ring (bicyclic) bond motifs is 1. The third-order valence-corrected chi connectivity index (χ3v) is 4.66. The Labute approximate surface area is 182 Å². The molecule has 30 heavy (non-hydrogen) atoms. The van der Waals surface area contributed by atoms with Gasteiger partial charge in [-0.3, -0.25) is 4.79 Å². The predicted octanol–water partition coefficient (Wildman–Crippen LogP) is 5.40. The summed E-state index contributed by atoms with van der Waals surface area (Å²) in [5.74, 6) is 0.346. The SMILES string of the molecule is CC.Cc1cc2c(cc1-c1ccc(NC(=O)c3ncc(Br)cc3F)nc1)OCCO2. The molecule has 8 heteroatoms. The molecule has 0 atom stereocenters. The lowest BCUT2D eigenvalue weighted by atomic mass is 10.0. The fourth-order valence-electron chi connectivity index (χ4n) is 2.89. The quantitative estimate of drug-likeness (QED) is 0.550. The lowest BCUT2D eigenvalue weighted by Gasteiger charge is -2.20. The number of benzene rings is 1. The monoisotopic (exact) mass is 473 g/mol. The van der Waals surface area contributed by atoms with E-state index in [4.69, 9.17) is 9.47 Å². The summed E-state index contributed by atoms with van der Waals surface area (Å²) in [7, 11) is 0. The minimum atomic E-state index is -0.713. The molecule has 0 aliphatic carbocycles. The third kappa shape index (κ3) is 4.76. The fourth-order valence-corrected chi connectivity index (χ4v) is 3.19. The maximum atomic E-state index is 13.9. The van der Waals surface area contributed by atoms with Gasteiger partial charge in [0, 0.05) is 22.4 Å². The summed E-state index contributed by atoms with van der Waals surface area (Å²) in [6.07, 6.45) is 3.00. The van der Waals surface area contributed by atoms with Crippen molar-refractivity contribution < 1.29 is 18.7 Å². The summed E-state index contributed by atoms with van der Waals surface area (Å²) in [4.78, 5) is 20.3. The number of nitrogens with zero attached hydrogens (tertiary/aromatic N) is 2. The van der Waals surface area contributed by atoms with E-state index in [0.717, 1.165) is 22.4 Å². The number of hydrogen-bond acceptors (Lipinski definition) is 5. The number of carbonyl (C=O) groups is 1. The third-order valence-electron chi connectivity index (χ3n) is 4.23. The van der Waals surface area contributed by atoms with Gasteiger partial charge in [-0.15, -0.1) is 0 Å². The molecule has 3 heterocycles. The summed E-state index contributed by atoms with van der Waals surface area (Å²) < 4.78 is 25.6. The topological polar surface area (TPSA) is 73.3 Å². The minimum absolute atomic E-state index is 0.295. The zero-order chi connectivity index (χ0) is 21.7. The average molecular weight is 474 g/mol. The van der Waals surface area contributed by atoms with Gasteiger partial charge in [-0.05, 0) is 64.3 Å². The Morgan fingerprint density at radius 3 is 2.40 bits per heavy atom. The maximum Gasteiger partial charge on any atom is 0.278 e. The molecule has 1 aliphatic heterocycles. The number of aryl methyl sites for hydroxylation is 1. The van der Waals surface area contributed by atoms with E-state index < -0.39 is 11.7 Å². The number of amides is 1. The van der Waals surface area contributed by atoms with Crippen molar-refractivity contribution in [2.45, 2.75) is 20.8 Å². The van der Waals surface area contributed by atoms with E-state index in [1.165, 1.54) is 12.3 Å². The van der Waals surface area contributed by atoms with Crippen LogP contribution in [0.15, 0.2) is 47.2 Å². The fraction of sp³-hybridized carbons (Fsp3) is 0.227. The molecule has 3 aromatic rings. The lowest BCUT2D eigenvalue weighted by molar-refractivity contribution is 0.101. The van der Waals surface area contributed by atoms with Crippen LogP contribution >= 0.6 is 15.9 Å². The average Bonchev–Trinajstić information content (AvgIpc) is 2.75. The second-order valence-electron chi connectivity index (χ2n) is 6.18. The van der Waals surface area contributed by atoms with Crippen LogP contribution in [-0.4, -0.2) is 29.1 Å². The molecule has 0 spiro atoms. The molecule has 0 saturated carbocycles. The Bertz CT molecular complexity index is 1060. The van der Waals surface area contributed by atoms with Gasteiger partial charge in [0.25, 0.3) is 5.91 Å². The maximum absolute atomic E-state index is 13.9. The van der Waals surface area contributed by atoms with Gasteiger partial charge in [0.15, 0.2) is 23.0 Å². The Hall–Kier alpha value is -3.00. The molecule has 4 rings (SSSR count). The van der Waals surface area contributed by atoms with Gasteiger partial charge in [0.2, 0.25) is 0 Å². The molecule has 1 aliphatic rings. The number of aromatic nitrogens is 2. The van der Waals surface area contributed by atoms with Crippen LogP contribution in [0.25, 0.3) is 11.1 Å². The summed E-state index contributed by atoms with van der Waals surface area (Å²) in [6, 6.07) is 8.51. The number of ether oxygens (including phenoxy) is 2. The van der Waals surface area contributed by atoms with Crippen molar-refractivity contribution in [1.82, 2.24) is 9.97 Å². The van der Waals surface area contributed by atoms with Crippen molar-refractivity contribution in [3.8, 4) is 22.6 Å². The van der Waals surface area contributed by atoms with Gasteiger partial charge in [-0.1, -0.05) is 13.8 Å². The van der Waals surface area contributed by atoms with Crippen molar-refractivity contribution in [3.63, 3.8) is 0 Å². The minimum Gasteiger partial charge on any atom is -0.486 e. The van der Waals surface area contributed by atoms with Crippen LogP contribution in [0.4, 0.5) is 10.2 Å². The van der Waals surface area contributed by atoms with Crippen LogP contribution in [-0.2, 0) is 0 Å². The normalized spacial score (nSPS) is 11.9. The number of rotatable bonds is 3. The number of halogens is 2. The second kappa shape index (κ2) is 9.67. The van der Waals surface area contributed by atoms with E-state index >= 15 is 0 Å². The van der Waals surface area contributed by atoms with E-state index in [-0.39, 0.29) is 5.69 Å². The van der Waals surface area contributed by atoms with Crippen molar-refractivity contribution in [2.75, 3.05) is 18.5 Å². The van der Waals surface area contributed by atoms with Gasteiger partial charge in [-0.25, -0.2) is 14.4 Å². The highest BCUT2D eigenvalue weighted by molar-refractivity contribution is 9.10. The van der Waals surface area contributed by atoms with Crippen LogP contribution < -0.4 is 14.8 Å². The number of nitrogens with one attached hydrogen (secondary N) is 1. The van der Waals surface area contributed by atoms with Gasteiger partial charge in [0.05, 0.1) is 0 Å². The molecular weight excluding hydrogens is 453 g/mol. The molecule has 2 aromatic heterocycles. The van der Waals surface area contributed by atoms with Gasteiger partial charge < -0.3 is 14.8 Å². The molecule has 1 amide bonds. The molecule has 1 N–H and O–H groups in total. The summed E-state index contributed by atoms with van der Waals surface area (Å²) >= 11 is 3.11. The Morgan fingerprint density at radius 2 is 1.77 bits per heavy atom. The van der Waals surface area contributed by atoms with E-state index in [1.807, 2.05) is 39.0 Å². The number of carbonyl (C=O) groups excluding carboxylic acids is 1. The second-order valence-corrected chi connectivity index (χ2v) is 7.10. The molecule has 0 radical (unpaired) electrons. The zero-order valence-electron chi connectivity index (χ0n) is 16.8. The highest BCUT2D eigenvalue weighted by Crippen LogP contribution is 2.37. The Kier molecular flexibility index (Phi) is 6.99. The zero-order valence-corrected chi connectivity index (χ0v) is 18.4. The van der Waals surface area contributed by atoms with Crippen LogP contribution in [0, 0.1) is 12.7 Å². The number of hydrogen-bond donors (Lipinski definition) is 1. The highest BCUT2D eigenvalue weighted by atomic mass is 79.9. The molecular formula is C22H21BrFN3O3. The van der Waals surface area contributed by atoms with E-state index in [9.17, 15) is 9.18 Å². The summed E-state index contributed by atoms with van der Waals surface area (Å²) in [5, 5.41) is 2.55. The van der Waals surface area contributed by atoms with Crippen LogP contribution in [0.1, 0.15) is 29.9 Å². The standard InChI is InChI=1S/C20H15BrFN3O3.C2H6/c1-11-6-16-17(28-5-4-27-16)8-14(11)12-2-3-18(23-9-12)25-20(26)19-15(22)7-13(21)10-24-19;1-2/h2-3,6-10H,4-5H2,1H3,(H,23,25,26);1-2H3. The molecule has 6 nitrogen and oxygen atoms in total. The molecule has 1 aromatic carbocycles. The van der Waals surface area contributed by atoms with Gasteiger partial charge >= 0.3 is 0 Å². The Balaban J connectivity index is 0.00000124. The van der Waals surface area contributed by atoms with Crippen LogP contribution in [0.5, 0.6) is 11.5 Å². The van der Waals surface area contributed by atoms with Crippen molar-refractivity contribution >= 4 is 27.7 Å². The van der Waals surface area contributed by atoms with Gasteiger partial charge in [-0.2, -0.15) is 0 Å². The molecule has 0 fully saturated rings. The first-order valence-electron chi connectivity index (χ1n) is 9.50. The first kappa shape index (κ1) is 21.7. The number of anilines is 1. The predicted molar refractivity (Wildman–Crippen MR) is 117 cm³/mol. The van der Waals surface area contributed by atoms with E-state index in [0.29, 0.717) is 29.3 Å². The molecule has 0 unspecified atom stereocenters. The lowest BCUT2D eigenvalue weighted by Crippen LogP contribution is -2.16. The van der Waals surface area contributed by atoms with Gasteiger partial charge in [0.1, 0.15) is 19.0 Å². The molecule has 0 bridgehead atoms. The largest absolute Gasteiger partial charge is 0.486 e. The van der Waals surface area contributed by atoms with Crippen molar-refractivity contribution in [1.29, 1.82) is 0 Å². The summed E-state index contributed by atoms with van der Waals surface area (Å²) in [5.41, 5.74) is 2.54. The highest BCUT2D eigenvalue weighted by Gasteiger charge is 2.17. The molecule has 0 saturated heterocycles. The first-order chi connectivity index (χ1) is 14.5. The van der Waals surface area contributed by atoms with Crippen LogP contribution in [0.2, 0.25) is 0 Å². The molecule has 156 valence electrons. The van der Waals surface area contributed by atoms with E-state index in [1.54, 1.807) is 12.3 Å². The smallest absolute Gasteiger partial charge is 0.278 e. The first-order valence-corrected chi connectivity index (χ1v) is 10.3. The Morgan fingerprint density at radius 1 is 1.07 bits per heavy atom. The van der Waals surface area contributed by atoms with E-state index in [2.05, 4.69) is 31.2 Å². The van der Waals surface area contributed by atoms with Crippen molar-refractivity contribution in [2.24, 2.45) is 0 Å². The number of pyridine rings is 2. The van der Waals surface area contributed by atoms with Crippen molar-refractivity contribution in [3.05, 3.63) is 64.3 Å². The summed E-state index contributed by atoms with van der Waals surface area (Å²) in [6.45, 7) is 7.03. The van der Waals surface area contributed by atoms with Crippen LogP contribution in [0.3, 0.4) is 0 Å².